The number of carbonyl (C=O) groups is 1. The van der Waals surface area contributed by atoms with Crippen LogP contribution in [-0.4, -0.2) is 28.7 Å². The average molecular weight is 351 g/mol. The Balaban J connectivity index is 1.70. The summed E-state index contributed by atoms with van der Waals surface area (Å²) in [5.74, 6) is 0.427. The fourth-order valence-electron chi connectivity index (χ4n) is 2.85. The number of nitrogens with zero attached hydrogens (tertiary/aromatic N) is 1. The van der Waals surface area contributed by atoms with Crippen LogP contribution in [0.15, 0.2) is 59.5 Å². The third-order valence-electron chi connectivity index (χ3n) is 4.25. The van der Waals surface area contributed by atoms with Gasteiger partial charge in [-0.05, 0) is 48.6 Å². The van der Waals surface area contributed by atoms with Crippen LogP contribution in [0.5, 0.6) is 5.75 Å². The average Bonchev–Trinajstić information content (AvgIpc) is 2.66. The molecule has 0 saturated carbocycles. The van der Waals surface area contributed by atoms with E-state index in [1.807, 2.05) is 37.3 Å². The van der Waals surface area contributed by atoms with Gasteiger partial charge < -0.3 is 14.4 Å². The molecule has 0 saturated heterocycles. The zero-order valence-corrected chi connectivity index (χ0v) is 14.6. The maximum atomic E-state index is 12.6. The van der Waals surface area contributed by atoms with Crippen molar-refractivity contribution in [2.75, 3.05) is 13.2 Å². The molecule has 0 fully saturated rings. The van der Waals surface area contributed by atoms with Gasteiger partial charge in [0.15, 0.2) is 5.78 Å². The van der Waals surface area contributed by atoms with Gasteiger partial charge in [0.1, 0.15) is 12.4 Å². The second-order valence-corrected chi connectivity index (χ2v) is 6.22. The van der Waals surface area contributed by atoms with Gasteiger partial charge in [0.2, 0.25) is 0 Å². The van der Waals surface area contributed by atoms with E-state index < -0.39 is 12.4 Å². The zero-order valence-electron chi connectivity index (χ0n) is 14.6. The predicted octanol–water partition coefficient (Wildman–Crippen LogP) is 2.95. The quantitative estimate of drug-likeness (QED) is 0.525. The van der Waals surface area contributed by atoms with Crippen molar-refractivity contribution in [3.8, 4) is 5.75 Å². The fourth-order valence-corrected chi connectivity index (χ4v) is 2.85. The zero-order chi connectivity index (χ0) is 18.5. The van der Waals surface area contributed by atoms with Gasteiger partial charge in [0.05, 0.1) is 6.61 Å². The number of aryl methyl sites for hydroxylation is 2. The summed E-state index contributed by atoms with van der Waals surface area (Å²) < 4.78 is 7.33. The Kier molecular flexibility index (Phi) is 5.49. The molecule has 2 aromatic carbocycles. The first kappa shape index (κ1) is 17.9. The monoisotopic (exact) mass is 351 g/mol. The Morgan fingerprint density at radius 2 is 2.00 bits per heavy atom. The standard InChI is InChI=1S/C21H21NO4/c1-15-4-2-5-18(12-15)26-11-3-9-22-10-8-16-6-7-17(20(24)14-23)13-19(16)21(22)25/h2,4-8,10,12-13,23H,3,9,11,14H2,1H3. The summed E-state index contributed by atoms with van der Waals surface area (Å²) in [6.07, 6.45) is 2.44. The molecule has 0 unspecified atom stereocenters. The van der Waals surface area contributed by atoms with Crippen molar-refractivity contribution in [1.82, 2.24) is 4.57 Å². The van der Waals surface area contributed by atoms with E-state index in [4.69, 9.17) is 9.84 Å². The number of aliphatic hydroxyl groups is 1. The third kappa shape index (κ3) is 4.00. The minimum atomic E-state index is -0.567. The summed E-state index contributed by atoms with van der Waals surface area (Å²) in [6.45, 7) is 2.48. The lowest BCUT2D eigenvalue weighted by Crippen LogP contribution is -2.21. The van der Waals surface area contributed by atoms with Crippen LogP contribution in [0.4, 0.5) is 0 Å². The summed E-state index contributed by atoms with van der Waals surface area (Å²) in [6, 6.07) is 14.6. The van der Waals surface area contributed by atoms with Gasteiger partial charge in [0.25, 0.3) is 5.56 Å². The van der Waals surface area contributed by atoms with Crippen LogP contribution in [-0.2, 0) is 6.54 Å². The van der Waals surface area contributed by atoms with Crippen molar-refractivity contribution < 1.29 is 14.6 Å². The number of pyridine rings is 1. The highest BCUT2D eigenvalue weighted by Crippen LogP contribution is 2.14. The van der Waals surface area contributed by atoms with Crippen molar-refractivity contribution in [2.24, 2.45) is 0 Å². The Morgan fingerprint density at radius 3 is 2.77 bits per heavy atom. The molecule has 0 aliphatic rings. The minimum Gasteiger partial charge on any atom is -0.494 e. The molecule has 1 heterocycles. The van der Waals surface area contributed by atoms with E-state index in [0.717, 1.165) is 16.7 Å². The summed E-state index contributed by atoms with van der Waals surface area (Å²) in [4.78, 5) is 24.3. The van der Waals surface area contributed by atoms with E-state index in [-0.39, 0.29) is 5.56 Å². The molecule has 0 amide bonds. The largest absolute Gasteiger partial charge is 0.494 e. The van der Waals surface area contributed by atoms with Crippen LogP contribution in [0.2, 0.25) is 0 Å². The van der Waals surface area contributed by atoms with Crippen LogP contribution in [0.3, 0.4) is 0 Å². The van der Waals surface area contributed by atoms with Crippen molar-refractivity contribution in [2.45, 2.75) is 19.9 Å². The van der Waals surface area contributed by atoms with E-state index in [2.05, 4.69) is 0 Å². The summed E-state index contributed by atoms with van der Waals surface area (Å²) in [5, 5.41) is 10.2. The topological polar surface area (TPSA) is 68.5 Å². The SMILES string of the molecule is Cc1cccc(OCCCn2ccc3ccc(C(=O)CO)cc3c2=O)c1. The van der Waals surface area contributed by atoms with Crippen molar-refractivity contribution in [3.63, 3.8) is 0 Å². The van der Waals surface area contributed by atoms with E-state index in [1.54, 1.807) is 29.0 Å². The number of hydrogen-bond acceptors (Lipinski definition) is 4. The van der Waals surface area contributed by atoms with Crippen molar-refractivity contribution in [1.29, 1.82) is 0 Å². The number of hydrogen-bond donors (Lipinski definition) is 1. The van der Waals surface area contributed by atoms with Gasteiger partial charge in [-0.3, -0.25) is 9.59 Å². The number of ether oxygens (including phenoxy) is 1. The third-order valence-corrected chi connectivity index (χ3v) is 4.25. The first-order chi connectivity index (χ1) is 12.6. The van der Waals surface area contributed by atoms with Gasteiger partial charge in [-0.25, -0.2) is 0 Å². The number of carbonyl (C=O) groups excluding carboxylic acids is 1. The highest BCUT2D eigenvalue weighted by Gasteiger charge is 2.08. The molecule has 0 aliphatic carbocycles. The molecule has 1 aromatic heterocycles. The van der Waals surface area contributed by atoms with E-state index in [0.29, 0.717) is 30.5 Å². The molecule has 5 heteroatoms. The molecule has 3 aromatic rings. The Bertz CT molecular complexity index is 991. The van der Waals surface area contributed by atoms with E-state index >= 15 is 0 Å². The Labute approximate surface area is 151 Å². The molecule has 3 rings (SSSR count). The van der Waals surface area contributed by atoms with Gasteiger partial charge in [-0.1, -0.05) is 24.3 Å². The molecular weight excluding hydrogens is 330 g/mol. The molecule has 1 N–H and O–H groups in total. The maximum absolute atomic E-state index is 12.6. The minimum absolute atomic E-state index is 0.148. The van der Waals surface area contributed by atoms with Crippen LogP contribution >= 0.6 is 0 Å². The molecule has 0 aliphatic heterocycles. The number of aromatic nitrogens is 1. The molecule has 5 nitrogen and oxygen atoms in total. The lowest BCUT2D eigenvalue weighted by atomic mass is 10.1. The highest BCUT2D eigenvalue weighted by molar-refractivity contribution is 6.00. The Morgan fingerprint density at radius 1 is 1.15 bits per heavy atom. The van der Waals surface area contributed by atoms with Crippen LogP contribution in [0.1, 0.15) is 22.3 Å². The van der Waals surface area contributed by atoms with Gasteiger partial charge in [-0.2, -0.15) is 0 Å². The molecular formula is C21H21NO4. The summed E-state index contributed by atoms with van der Waals surface area (Å²) in [5.41, 5.74) is 1.34. The normalized spacial score (nSPS) is 10.8. The summed E-state index contributed by atoms with van der Waals surface area (Å²) >= 11 is 0. The van der Waals surface area contributed by atoms with Crippen LogP contribution in [0, 0.1) is 6.92 Å². The summed E-state index contributed by atoms with van der Waals surface area (Å²) in [7, 11) is 0. The second kappa shape index (κ2) is 7.97. The first-order valence-corrected chi connectivity index (χ1v) is 8.55. The smallest absolute Gasteiger partial charge is 0.258 e. The number of rotatable bonds is 7. The van der Waals surface area contributed by atoms with E-state index in [1.165, 1.54) is 0 Å². The molecule has 0 atom stereocenters. The molecule has 134 valence electrons. The van der Waals surface area contributed by atoms with Crippen LogP contribution < -0.4 is 10.3 Å². The Hall–Kier alpha value is -2.92. The number of aliphatic hydroxyl groups excluding tert-OH is 1. The lowest BCUT2D eigenvalue weighted by molar-refractivity contribution is 0.0904. The van der Waals surface area contributed by atoms with E-state index in [9.17, 15) is 9.59 Å². The van der Waals surface area contributed by atoms with Crippen LogP contribution in [0.25, 0.3) is 10.8 Å². The first-order valence-electron chi connectivity index (χ1n) is 8.55. The number of fused-ring (bicyclic) bond motifs is 1. The second-order valence-electron chi connectivity index (χ2n) is 6.22. The fraction of sp³-hybridized carbons (Fsp3) is 0.238. The number of Topliss-reactive ketones (excluding diaryl/α,β-unsaturated/α-hetero) is 1. The molecule has 0 bridgehead atoms. The van der Waals surface area contributed by atoms with Gasteiger partial charge >= 0.3 is 0 Å². The maximum Gasteiger partial charge on any atom is 0.258 e. The van der Waals surface area contributed by atoms with Gasteiger partial charge in [0, 0.05) is 23.7 Å². The molecule has 0 radical (unpaired) electrons. The van der Waals surface area contributed by atoms with Gasteiger partial charge in [-0.15, -0.1) is 0 Å². The van der Waals surface area contributed by atoms with Crippen molar-refractivity contribution >= 4 is 16.6 Å². The highest BCUT2D eigenvalue weighted by atomic mass is 16.5. The molecule has 0 spiro atoms. The predicted molar refractivity (Wildman–Crippen MR) is 101 cm³/mol. The molecule has 26 heavy (non-hydrogen) atoms. The lowest BCUT2D eigenvalue weighted by Gasteiger charge is -2.10. The number of benzene rings is 2. The number of ketones is 1. The van der Waals surface area contributed by atoms with Crippen molar-refractivity contribution in [3.05, 3.63) is 76.2 Å².